The summed E-state index contributed by atoms with van der Waals surface area (Å²) in [7, 11) is 0. The van der Waals surface area contributed by atoms with Gasteiger partial charge in [0.2, 0.25) is 0 Å². The highest BCUT2D eigenvalue weighted by atomic mass is 16.6. The molecule has 3 nitrogen and oxygen atoms in total. The molecule has 2 rings (SSSR count). The van der Waals surface area contributed by atoms with Crippen molar-refractivity contribution in [1.29, 1.82) is 0 Å². The second-order valence-corrected chi connectivity index (χ2v) is 4.21. The maximum absolute atomic E-state index is 12.3. The predicted molar refractivity (Wildman–Crippen MR) is 65.8 cm³/mol. The number of rotatable bonds is 4. The van der Waals surface area contributed by atoms with E-state index >= 15 is 0 Å². The van der Waals surface area contributed by atoms with E-state index in [0.29, 0.717) is 30.3 Å². The maximum atomic E-state index is 12.3. The fourth-order valence-corrected chi connectivity index (χ4v) is 2.15. The molecule has 92 valence electrons. The van der Waals surface area contributed by atoms with Gasteiger partial charge in [-0.3, -0.25) is 4.79 Å². The molecule has 0 atom stereocenters. The highest BCUT2D eigenvalue weighted by Gasteiger charge is 2.24. The second-order valence-electron chi connectivity index (χ2n) is 4.21. The molecule has 1 aliphatic rings. The fraction of sp³-hybridized carbons (Fsp3) is 0.500. The van der Waals surface area contributed by atoms with E-state index < -0.39 is 0 Å². The number of hydrogen-bond acceptors (Lipinski definition) is 3. The van der Waals surface area contributed by atoms with Crippen LogP contribution >= 0.6 is 0 Å². The van der Waals surface area contributed by atoms with Gasteiger partial charge < -0.3 is 9.47 Å². The molecule has 1 heterocycles. The number of carbonyl (C=O) groups is 1. The largest absolute Gasteiger partial charge is 0.486 e. The Hall–Kier alpha value is -1.51. The van der Waals surface area contributed by atoms with E-state index in [9.17, 15) is 4.79 Å². The molecular formula is C14H18O3. The number of hydrogen-bond donors (Lipinski definition) is 0. The smallest absolute Gasteiger partial charge is 0.172 e. The van der Waals surface area contributed by atoms with Gasteiger partial charge in [0.05, 0.1) is 5.56 Å². The van der Waals surface area contributed by atoms with Gasteiger partial charge in [-0.2, -0.15) is 0 Å². The zero-order valence-electron chi connectivity index (χ0n) is 10.4. The highest BCUT2D eigenvalue weighted by Crippen LogP contribution is 2.35. The van der Waals surface area contributed by atoms with Crippen molar-refractivity contribution in [2.45, 2.75) is 26.7 Å². The number of para-hydroxylation sites is 1. The van der Waals surface area contributed by atoms with Crippen molar-refractivity contribution in [3.05, 3.63) is 23.8 Å². The molecular weight excluding hydrogens is 216 g/mol. The van der Waals surface area contributed by atoms with Gasteiger partial charge in [0, 0.05) is 5.92 Å². The van der Waals surface area contributed by atoms with Crippen molar-refractivity contribution in [2.75, 3.05) is 13.2 Å². The number of ketones is 1. The number of Topliss-reactive ketones (excluding diaryl/α,β-unsaturated/α-hetero) is 1. The highest BCUT2D eigenvalue weighted by molar-refractivity contribution is 6.01. The van der Waals surface area contributed by atoms with Crippen LogP contribution in [0.2, 0.25) is 0 Å². The van der Waals surface area contributed by atoms with Gasteiger partial charge in [0.1, 0.15) is 13.2 Å². The summed E-state index contributed by atoms with van der Waals surface area (Å²) in [5, 5.41) is 0. The minimum Gasteiger partial charge on any atom is -0.486 e. The molecule has 0 bridgehead atoms. The van der Waals surface area contributed by atoms with Crippen LogP contribution in [0.3, 0.4) is 0 Å². The van der Waals surface area contributed by atoms with Crippen LogP contribution in [0.15, 0.2) is 18.2 Å². The van der Waals surface area contributed by atoms with Crippen LogP contribution in [-0.4, -0.2) is 19.0 Å². The first-order valence-electron chi connectivity index (χ1n) is 6.20. The van der Waals surface area contributed by atoms with Crippen molar-refractivity contribution in [3.63, 3.8) is 0 Å². The van der Waals surface area contributed by atoms with E-state index in [1.165, 1.54) is 0 Å². The van der Waals surface area contributed by atoms with Gasteiger partial charge in [0.25, 0.3) is 0 Å². The summed E-state index contributed by atoms with van der Waals surface area (Å²) in [6.07, 6.45) is 1.72. The first-order chi connectivity index (χ1) is 8.27. The second kappa shape index (κ2) is 5.21. The summed E-state index contributed by atoms with van der Waals surface area (Å²) < 4.78 is 11.1. The van der Waals surface area contributed by atoms with Gasteiger partial charge in [-0.25, -0.2) is 0 Å². The average molecular weight is 234 g/mol. The minimum atomic E-state index is 0.0760. The number of carbonyl (C=O) groups excluding carboxylic acids is 1. The summed E-state index contributed by atoms with van der Waals surface area (Å²) in [5.41, 5.74) is 0.663. The normalized spacial score (nSPS) is 13.8. The lowest BCUT2D eigenvalue weighted by atomic mass is 9.92. The third kappa shape index (κ3) is 2.28. The van der Waals surface area contributed by atoms with Crippen LogP contribution in [-0.2, 0) is 0 Å². The molecule has 0 aliphatic carbocycles. The molecule has 0 amide bonds. The van der Waals surface area contributed by atoms with Gasteiger partial charge in [-0.15, -0.1) is 0 Å². The molecule has 3 heteroatoms. The summed E-state index contributed by atoms with van der Waals surface area (Å²) in [4.78, 5) is 12.3. The average Bonchev–Trinajstić information content (AvgIpc) is 2.39. The van der Waals surface area contributed by atoms with Crippen molar-refractivity contribution in [3.8, 4) is 11.5 Å². The van der Waals surface area contributed by atoms with Crippen LogP contribution in [0.25, 0.3) is 0 Å². The molecule has 17 heavy (non-hydrogen) atoms. The van der Waals surface area contributed by atoms with Crippen LogP contribution in [0.5, 0.6) is 11.5 Å². The van der Waals surface area contributed by atoms with E-state index in [1.54, 1.807) is 0 Å². The Balaban J connectivity index is 2.35. The van der Waals surface area contributed by atoms with Crippen molar-refractivity contribution in [2.24, 2.45) is 5.92 Å². The van der Waals surface area contributed by atoms with Gasteiger partial charge in [0.15, 0.2) is 17.3 Å². The fourth-order valence-electron chi connectivity index (χ4n) is 2.15. The molecule has 0 spiro atoms. The summed E-state index contributed by atoms with van der Waals surface area (Å²) >= 11 is 0. The van der Waals surface area contributed by atoms with E-state index in [1.807, 2.05) is 32.0 Å². The van der Waals surface area contributed by atoms with Crippen molar-refractivity contribution in [1.82, 2.24) is 0 Å². The van der Waals surface area contributed by atoms with Crippen LogP contribution in [0.4, 0.5) is 0 Å². The molecule has 0 radical (unpaired) electrons. The molecule has 0 saturated heterocycles. The maximum Gasteiger partial charge on any atom is 0.172 e. The summed E-state index contributed by atoms with van der Waals surface area (Å²) in [6, 6.07) is 5.52. The molecule has 0 N–H and O–H groups in total. The Morgan fingerprint density at radius 1 is 1.24 bits per heavy atom. The van der Waals surface area contributed by atoms with Crippen molar-refractivity contribution < 1.29 is 14.3 Å². The van der Waals surface area contributed by atoms with Crippen LogP contribution in [0, 0.1) is 5.92 Å². The number of ether oxygens (including phenoxy) is 2. The van der Waals surface area contributed by atoms with Gasteiger partial charge >= 0.3 is 0 Å². The zero-order chi connectivity index (χ0) is 12.3. The monoisotopic (exact) mass is 234 g/mol. The lowest BCUT2D eigenvalue weighted by Crippen LogP contribution is -2.20. The quantitative estimate of drug-likeness (QED) is 0.751. The minimum absolute atomic E-state index is 0.0760. The van der Waals surface area contributed by atoms with E-state index in [0.717, 1.165) is 12.8 Å². The molecule has 1 aromatic rings. The molecule has 0 saturated carbocycles. The SMILES string of the molecule is CCC(CC)C(=O)c1cccc2c1OCCO2. The third-order valence-corrected chi connectivity index (χ3v) is 3.19. The Morgan fingerprint density at radius 3 is 2.65 bits per heavy atom. The topological polar surface area (TPSA) is 35.5 Å². The standard InChI is InChI=1S/C14H18O3/c1-3-10(4-2)13(15)11-6-5-7-12-14(11)17-9-8-16-12/h5-7,10H,3-4,8-9H2,1-2H3. The Labute approximate surface area is 102 Å². The molecule has 1 aliphatic heterocycles. The summed E-state index contributed by atoms with van der Waals surface area (Å²) in [6.45, 7) is 5.15. The lowest BCUT2D eigenvalue weighted by Gasteiger charge is -2.21. The lowest BCUT2D eigenvalue weighted by molar-refractivity contribution is 0.0902. The Morgan fingerprint density at radius 2 is 1.94 bits per heavy atom. The predicted octanol–water partition coefficient (Wildman–Crippen LogP) is 3.08. The Bertz CT molecular complexity index is 408. The van der Waals surface area contributed by atoms with Gasteiger partial charge in [-0.1, -0.05) is 19.9 Å². The van der Waals surface area contributed by atoms with E-state index in [2.05, 4.69) is 0 Å². The van der Waals surface area contributed by atoms with Crippen molar-refractivity contribution >= 4 is 5.78 Å². The first-order valence-corrected chi connectivity index (χ1v) is 6.20. The number of benzene rings is 1. The molecule has 0 aromatic heterocycles. The Kier molecular flexibility index (Phi) is 3.67. The third-order valence-electron chi connectivity index (χ3n) is 3.19. The summed E-state index contributed by atoms with van der Waals surface area (Å²) in [5.74, 6) is 1.55. The molecule has 0 unspecified atom stereocenters. The van der Waals surface area contributed by atoms with Crippen LogP contribution < -0.4 is 9.47 Å². The van der Waals surface area contributed by atoms with Crippen LogP contribution in [0.1, 0.15) is 37.0 Å². The molecule has 1 aromatic carbocycles. The first kappa shape index (κ1) is 12.0. The van der Waals surface area contributed by atoms with E-state index in [-0.39, 0.29) is 11.7 Å². The molecule has 0 fully saturated rings. The number of fused-ring (bicyclic) bond motifs is 1. The zero-order valence-corrected chi connectivity index (χ0v) is 10.4. The van der Waals surface area contributed by atoms with E-state index in [4.69, 9.17) is 9.47 Å². The van der Waals surface area contributed by atoms with Gasteiger partial charge in [-0.05, 0) is 25.0 Å².